The minimum Gasteiger partial charge on any atom is -0.326 e. The first kappa shape index (κ1) is 20.4. The molecule has 0 aliphatic carbocycles. The van der Waals surface area contributed by atoms with Crippen LogP contribution >= 0.6 is 0 Å². The van der Waals surface area contributed by atoms with Gasteiger partial charge in [-0.15, -0.1) is 0 Å². The molecule has 0 radical (unpaired) electrons. The molecule has 0 heterocycles. The summed E-state index contributed by atoms with van der Waals surface area (Å²) in [5.74, 6) is -0.427. The van der Waals surface area contributed by atoms with E-state index in [1.807, 2.05) is 44.2 Å². The molecule has 0 aliphatic rings. The summed E-state index contributed by atoms with van der Waals surface area (Å²) in [7, 11) is 0. The fraction of sp³-hybridized carbons (Fsp3) is 0.318. The molecule has 0 bridgehead atoms. The zero-order valence-corrected chi connectivity index (χ0v) is 16.2. The number of nitrogens with zero attached hydrogens (tertiary/aromatic N) is 1. The molecule has 2 N–H and O–H groups in total. The molecule has 5 nitrogen and oxygen atoms in total. The van der Waals surface area contributed by atoms with Crippen LogP contribution in [0.1, 0.15) is 56.0 Å². The van der Waals surface area contributed by atoms with Gasteiger partial charge in [-0.1, -0.05) is 57.5 Å². The van der Waals surface area contributed by atoms with Gasteiger partial charge in [0.15, 0.2) is 0 Å². The second kappa shape index (κ2) is 10.3. The summed E-state index contributed by atoms with van der Waals surface area (Å²) in [6, 6.07) is 16.6. The van der Waals surface area contributed by atoms with Gasteiger partial charge in [0.1, 0.15) is 0 Å². The molecule has 0 saturated heterocycles. The number of carbonyl (C=O) groups excluding carboxylic acids is 2. The van der Waals surface area contributed by atoms with Gasteiger partial charge in [-0.2, -0.15) is 5.10 Å². The second-order valence-electron chi connectivity index (χ2n) is 6.69. The molecule has 0 atom stereocenters. The zero-order chi connectivity index (χ0) is 19.6. The van der Waals surface area contributed by atoms with Crippen molar-refractivity contribution in [1.29, 1.82) is 0 Å². The molecule has 0 aromatic heterocycles. The number of hydrazone groups is 1. The zero-order valence-electron chi connectivity index (χ0n) is 16.2. The van der Waals surface area contributed by atoms with Gasteiger partial charge in [-0.25, -0.2) is 5.43 Å². The lowest BCUT2D eigenvalue weighted by molar-refractivity contribution is -0.118. The van der Waals surface area contributed by atoms with Crippen molar-refractivity contribution in [2.24, 2.45) is 11.0 Å². The van der Waals surface area contributed by atoms with Gasteiger partial charge in [-0.05, 0) is 42.7 Å². The topological polar surface area (TPSA) is 70.6 Å². The Morgan fingerprint density at radius 2 is 1.63 bits per heavy atom. The van der Waals surface area contributed by atoms with Gasteiger partial charge in [0.2, 0.25) is 5.91 Å². The summed E-state index contributed by atoms with van der Waals surface area (Å²) in [5.41, 5.74) is 5.68. The largest absolute Gasteiger partial charge is 0.326 e. The van der Waals surface area contributed by atoms with Crippen LogP contribution in [0.15, 0.2) is 59.7 Å². The van der Waals surface area contributed by atoms with Crippen LogP contribution in [0.2, 0.25) is 0 Å². The Kier molecular flexibility index (Phi) is 7.74. The fourth-order valence-corrected chi connectivity index (χ4v) is 2.41. The molecule has 2 aromatic rings. The number of benzene rings is 2. The van der Waals surface area contributed by atoms with Crippen molar-refractivity contribution < 1.29 is 9.59 Å². The predicted octanol–water partition coefficient (Wildman–Crippen LogP) is 4.61. The first-order valence-corrected chi connectivity index (χ1v) is 9.34. The van der Waals surface area contributed by atoms with E-state index in [0.717, 1.165) is 30.5 Å². The monoisotopic (exact) mass is 365 g/mol. The summed E-state index contributed by atoms with van der Waals surface area (Å²) in [5, 5.41) is 7.15. The van der Waals surface area contributed by atoms with Crippen LogP contribution in [0.5, 0.6) is 0 Å². The molecule has 0 unspecified atom stereocenters. The Balaban J connectivity index is 2.05. The van der Waals surface area contributed by atoms with Crippen molar-refractivity contribution >= 4 is 23.2 Å². The first-order chi connectivity index (χ1) is 13.0. The van der Waals surface area contributed by atoms with Crippen molar-refractivity contribution in [3.05, 3.63) is 65.7 Å². The number of anilines is 1. The van der Waals surface area contributed by atoms with E-state index in [2.05, 4.69) is 22.8 Å². The lowest BCUT2D eigenvalue weighted by Gasteiger charge is -2.09. The SMILES string of the molecule is CCCCC(=NNC(=O)c1ccc(NC(=O)C(C)C)cc1)c1ccccc1. The van der Waals surface area contributed by atoms with Gasteiger partial charge < -0.3 is 5.32 Å². The number of nitrogens with one attached hydrogen (secondary N) is 2. The van der Waals surface area contributed by atoms with E-state index >= 15 is 0 Å². The van der Waals surface area contributed by atoms with Crippen LogP contribution in [0, 0.1) is 5.92 Å². The Labute approximate surface area is 160 Å². The molecule has 2 amide bonds. The lowest BCUT2D eigenvalue weighted by Crippen LogP contribution is -2.20. The summed E-state index contributed by atoms with van der Waals surface area (Å²) in [4.78, 5) is 24.1. The van der Waals surface area contributed by atoms with E-state index in [1.54, 1.807) is 24.3 Å². The summed E-state index contributed by atoms with van der Waals surface area (Å²) in [6.45, 7) is 5.79. The third-order valence-electron chi connectivity index (χ3n) is 4.11. The molecule has 2 rings (SSSR count). The molecule has 2 aromatic carbocycles. The van der Waals surface area contributed by atoms with Gasteiger partial charge in [0.05, 0.1) is 5.71 Å². The molecular weight excluding hydrogens is 338 g/mol. The predicted molar refractivity (Wildman–Crippen MR) is 110 cm³/mol. The highest BCUT2D eigenvalue weighted by Gasteiger charge is 2.09. The highest BCUT2D eigenvalue weighted by molar-refractivity contribution is 6.02. The molecular formula is C22H27N3O2. The van der Waals surface area contributed by atoms with Gasteiger partial charge in [0, 0.05) is 17.2 Å². The van der Waals surface area contributed by atoms with Gasteiger partial charge >= 0.3 is 0 Å². The molecule has 0 aliphatic heterocycles. The maximum Gasteiger partial charge on any atom is 0.271 e. The van der Waals surface area contributed by atoms with Gasteiger partial charge in [0.25, 0.3) is 5.91 Å². The number of amides is 2. The number of carbonyl (C=O) groups is 2. The van der Waals surface area contributed by atoms with Crippen LogP contribution in [-0.4, -0.2) is 17.5 Å². The van der Waals surface area contributed by atoms with Crippen molar-refractivity contribution in [1.82, 2.24) is 5.43 Å². The van der Waals surface area contributed by atoms with E-state index in [9.17, 15) is 9.59 Å². The molecule has 0 saturated carbocycles. The Hall–Kier alpha value is -2.95. The van der Waals surface area contributed by atoms with Crippen LogP contribution < -0.4 is 10.7 Å². The average molecular weight is 365 g/mol. The summed E-state index contributed by atoms with van der Waals surface area (Å²) >= 11 is 0. The van der Waals surface area contributed by atoms with E-state index in [0.29, 0.717) is 11.3 Å². The first-order valence-electron chi connectivity index (χ1n) is 9.34. The van der Waals surface area contributed by atoms with Crippen molar-refractivity contribution in [3.8, 4) is 0 Å². The van der Waals surface area contributed by atoms with Crippen LogP contribution in [0.4, 0.5) is 5.69 Å². The summed E-state index contributed by atoms with van der Waals surface area (Å²) in [6.07, 6.45) is 2.87. The van der Waals surface area contributed by atoms with Crippen LogP contribution in [-0.2, 0) is 4.79 Å². The maximum absolute atomic E-state index is 12.4. The Bertz CT molecular complexity index is 781. The highest BCUT2D eigenvalue weighted by Crippen LogP contribution is 2.12. The van der Waals surface area contributed by atoms with E-state index < -0.39 is 0 Å². The molecule has 5 heteroatoms. The number of hydrogen-bond acceptors (Lipinski definition) is 3. The molecule has 142 valence electrons. The maximum atomic E-state index is 12.4. The van der Waals surface area contributed by atoms with E-state index in [-0.39, 0.29) is 17.7 Å². The number of rotatable bonds is 8. The van der Waals surface area contributed by atoms with E-state index in [4.69, 9.17) is 0 Å². The third-order valence-corrected chi connectivity index (χ3v) is 4.11. The lowest BCUT2D eigenvalue weighted by atomic mass is 10.1. The Morgan fingerprint density at radius 1 is 0.963 bits per heavy atom. The summed E-state index contributed by atoms with van der Waals surface area (Å²) < 4.78 is 0. The minimum atomic E-state index is -0.276. The van der Waals surface area contributed by atoms with Gasteiger partial charge in [-0.3, -0.25) is 9.59 Å². The molecule has 0 fully saturated rings. The van der Waals surface area contributed by atoms with Crippen LogP contribution in [0.3, 0.4) is 0 Å². The number of hydrogen-bond donors (Lipinski definition) is 2. The standard InChI is InChI=1S/C22H27N3O2/c1-4-5-11-20(17-9-7-6-8-10-17)24-25-22(27)18-12-14-19(15-13-18)23-21(26)16(2)3/h6-10,12-16H,4-5,11H2,1-3H3,(H,23,26)(H,25,27). The molecule has 0 spiro atoms. The molecule has 27 heavy (non-hydrogen) atoms. The normalized spacial score (nSPS) is 11.3. The van der Waals surface area contributed by atoms with Crippen molar-refractivity contribution in [2.75, 3.05) is 5.32 Å². The minimum absolute atomic E-state index is 0.0553. The average Bonchev–Trinajstić information content (AvgIpc) is 2.69. The third kappa shape index (κ3) is 6.37. The second-order valence-corrected chi connectivity index (χ2v) is 6.69. The highest BCUT2D eigenvalue weighted by atomic mass is 16.2. The van der Waals surface area contributed by atoms with Crippen LogP contribution in [0.25, 0.3) is 0 Å². The smallest absolute Gasteiger partial charge is 0.271 e. The van der Waals surface area contributed by atoms with E-state index in [1.165, 1.54) is 0 Å². The van der Waals surface area contributed by atoms with Crippen molar-refractivity contribution in [3.63, 3.8) is 0 Å². The number of unbranched alkanes of at least 4 members (excludes halogenated alkanes) is 1. The Morgan fingerprint density at radius 3 is 2.22 bits per heavy atom. The quantitative estimate of drug-likeness (QED) is 0.530. The van der Waals surface area contributed by atoms with Crippen molar-refractivity contribution in [2.45, 2.75) is 40.0 Å². The fourth-order valence-electron chi connectivity index (χ4n) is 2.41.